The van der Waals surface area contributed by atoms with Crippen molar-refractivity contribution >= 4 is 34.8 Å². The Labute approximate surface area is 122 Å². The zero-order chi connectivity index (χ0) is 13.0. The van der Waals surface area contributed by atoms with Gasteiger partial charge in [-0.05, 0) is 29.3 Å². The van der Waals surface area contributed by atoms with Crippen molar-refractivity contribution in [3.05, 3.63) is 68.7 Å². The number of hydrogen-bond acceptors (Lipinski definition) is 1. The molecule has 2 aromatic rings. The van der Waals surface area contributed by atoms with E-state index in [4.69, 9.17) is 34.8 Å². The van der Waals surface area contributed by atoms with Crippen molar-refractivity contribution in [2.45, 2.75) is 13.1 Å². The molecule has 0 aliphatic rings. The summed E-state index contributed by atoms with van der Waals surface area (Å²) in [5, 5.41) is 5.25. The number of hydrogen-bond donors (Lipinski definition) is 1. The lowest BCUT2D eigenvalue weighted by atomic mass is 10.2. The maximum absolute atomic E-state index is 6.07. The highest BCUT2D eigenvalue weighted by Crippen LogP contribution is 2.22. The summed E-state index contributed by atoms with van der Waals surface area (Å²) < 4.78 is 0. The average Bonchev–Trinajstić information content (AvgIpc) is 2.36. The molecule has 94 valence electrons. The SMILES string of the molecule is Clc1ccc(CNCc2ccccc2Cl)cc1Cl. The quantitative estimate of drug-likeness (QED) is 0.843. The van der Waals surface area contributed by atoms with Gasteiger partial charge in [0.2, 0.25) is 0 Å². The van der Waals surface area contributed by atoms with E-state index < -0.39 is 0 Å². The van der Waals surface area contributed by atoms with Gasteiger partial charge in [0.15, 0.2) is 0 Å². The Morgan fingerprint density at radius 3 is 2.28 bits per heavy atom. The molecule has 0 aliphatic carbocycles. The summed E-state index contributed by atoms with van der Waals surface area (Å²) in [5.74, 6) is 0. The van der Waals surface area contributed by atoms with Gasteiger partial charge in [0.1, 0.15) is 0 Å². The molecule has 0 bridgehead atoms. The highest BCUT2D eigenvalue weighted by molar-refractivity contribution is 6.42. The van der Waals surface area contributed by atoms with Crippen LogP contribution in [0.15, 0.2) is 42.5 Å². The third-order valence-corrected chi connectivity index (χ3v) is 3.69. The highest BCUT2D eigenvalue weighted by Gasteiger charge is 2.01. The first kappa shape index (κ1) is 13.7. The van der Waals surface area contributed by atoms with Crippen LogP contribution in [-0.2, 0) is 13.1 Å². The van der Waals surface area contributed by atoms with Gasteiger partial charge in [0, 0.05) is 18.1 Å². The Balaban J connectivity index is 1.92. The van der Waals surface area contributed by atoms with Crippen LogP contribution < -0.4 is 5.32 Å². The van der Waals surface area contributed by atoms with Crippen molar-refractivity contribution in [3.8, 4) is 0 Å². The fourth-order valence-electron chi connectivity index (χ4n) is 1.63. The van der Waals surface area contributed by atoms with Crippen LogP contribution in [0.1, 0.15) is 11.1 Å². The zero-order valence-electron chi connectivity index (χ0n) is 9.59. The van der Waals surface area contributed by atoms with Crippen LogP contribution in [0, 0.1) is 0 Å². The molecular weight excluding hydrogens is 289 g/mol. The summed E-state index contributed by atoms with van der Waals surface area (Å²) in [6.45, 7) is 1.45. The molecule has 18 heavy (non-hydrogen) atoms. The monoisotopic (exact) mass is 299 g/mol. The minimum absolute atomic E-state index is 0.575. The van der Waals surface area contributed by atoms with E-state index in [0.717, 1.165) is 29.2 Å². The van der Waals surface area contributed by atoms with Gasteiger partial charge < -0.3 is 5.32 Å². The first-order chi connectivity index (χ1) is 8.66. The molecule has 0 fully saturated rings. The maximum Gasteiger partial charge on any atom is 0.0595 e. The van der Waals surface area contributed by atoms with Crippen molar-refractivity contribution in [1.29, 1.82) is 0 Å². The third kappa shape index (κ3) is 3.63. The predicted molar refractivity (Wildman–Crippen MR) is 78.5 cm³/mol. The van der Waals surface area contributed by atoms with Crippen LogP contribution in [0.5, 0.6) is 0 Å². The summed E-state index contributed by atoms with van der Waals surface area (Å²) in [6.07, 6.45) is 0. The summed E-state index contributed by atoms with van der Waals surface area (Å²) in [5.41, 5.74) is 2.18. The van der Waals surface area contributed by atoms with E-state index in [9.17, 15) is 0 Å². The normalized spacial score (nSPS) is 10.6. The second kappa shape index (κ2) is 6.44. The third-order valence-electron chi connectivity index (χ3n) is 2.59. The molecule has 0 spiro atoms. The van der Waals surface area contributed by atoms with Crippen LogP contribution in [0.4, 0.5) is 0 Å². The Kier molecular flexibility index (Phi) is 4.90. The van der Waals surface area contributed by atoms with Gasteiger partial charge in [0.05, 0.1) is 10.0 Å². The zero-order valence-corrected chi connectivity index (χ0v) is 11.9. The Morgan fingerprint density at radius 2 is 1.56 bits per heavy atom. The fraction of sp³-hybridized carbons (Fsp3) is 0.143. The van der Waals surface area contributed by atoms with E-state index in [1.165, 1.54) is 0 Å². The van der Waals surface area contributed by atoms with Gasteiger partial charge in [-0.3, -0.25) is 0 Å². The van der Waals surface area contributed by atoms with Gasteiger partial charge in [-0.2, -0.15) is 0 Å². The van der Waals surface area contributed by atoms with Crippen molar-refractivity contribution in [2.75, 3.05) is 0 Å². The summed E-state index contributed by atoms with van der Waals surface area (Å²) in [7, 11) is 0. The largest absolute Gasteiger partial charge is 0.309 e. The van der Waals surface area contributed by atoms with E-state index in [-0.39, 0.29) is 0 Å². The van der Waals surface area contributed by atoms with E-state index in [2.05, 4.69) is 5.32 Å². The molecule has 4 heteroatoms. The number of nitrogens with one attached hydrogen (secondary N) is 1. The number of benzene rings is 2. The molecule has 2 rings (SSSR count). The molecule has 0 aliphatic heterocycles. The standard InChI is InChI=1S/C14H12Cl3N/c15-12-4-2-1-3-11(12)9-18-8-10-5-6-13(16)14(17)7-10/h1-7,18H,8-9H2. The minimum atomic E-state index is 0.575. The lowest BCUT2D eigenvalue weighted by Crippen LogP contribution is -2.12. The van der Waals surface area contributed by atoms with E-state index in [1.54, 1.807) is 6.07 Å². The van der Waals surface area contributed by atoms with Crippen LogP contribution in [0.2, 0.25) is 15.1 Å². The smallest absolute Gasteiger partial charge is 0.0595 e. The molecule has 2 aromatic carbocycles. The first-order valence-corrected chi connectivity index (χ1v) is 6.68. The molecule has 0 atom stereocenters. The van der Waals surface area contributed by atoms with Gasteiger partial charge in [-0.25, -0.2) is 0 Å². The Hall–Kier alpha value is -0.730. The van der Waals surface area contributed by atoms with Gasteiger partial charge >= 0.3 is 0 Å². The second-order valence-electron chi connectivity index (χ2n) is 3.94. The molecule has 1 nitrogen and oxygen atoms in total. The molecule has 0 saturated carbocycles. The fourth-order valence-corrected chi connectivity index (χ4v) is 2.16. The van der Waals surface area contributed by atoms with E-state index >= 15 is 0 Å². The molecule has 0 amide bonds. The molecule has 1 N–H and O–H groups in total. The molecule has 0 aromatic heterocycles. The number of rotatable bonds is 4. The predicted octanol–water partition coefficient (Wildman–Crippen LogP) is 4.94. The van der Waals surface area contributed by atoms with Crippen LogP contribution in [0.3, 0.4) is 0 Å². The van der Waals surface area contributed by atoms with E-state index in [0.29, 0.717) is 10.0 Å². The van der Waals surface area contributed by atoms with Crippen LogP contribution in [-0.4, -0.2) is 0 Å². The van der Waals surface area contributed by atoms with Gasteiger partial charge in [0.25, 0.3) is 0 Å². The van der Waals surface area contributed by atoms with Crippen molar-refractivity contribution < 1.29 is 0 Å². The molecule has 0 unspecified atom stereocenters. The molecule has 0 radical (unpaired) electrons. The minimum Gasteiger partial charge on any atom is -0.309 e. The average molecular weight is 301 g/mol. The topological polar surface area (TPSA) is 12.0 Å². The van der Waals surface area contributed by atoms with Crippen LogP contribution >= 0.6 is 34.8 Å². The van der Waals surface area contributed by atoms with Gasteiger partial charge in [-0.1, -0.05) is 59.1 Å². The maximum atomic E-state index is 6.07. The molecular formula is C14H12Cl3N. The second-order valence-corrected chi connectivity index (χ2v) is 5.17. The van der Waals surface area contributed by atoms with Gasteiger partial charge in [-0.15, -0.1) is 0 Å². The lowest BCUT2D eigenvalue weighted by Gasteiger charge is -2.07. The Morgan fingerprint density at radius 1 is 0.778 bits per heavy atom. The highest BCUT2D eigenvalue weighted by atomic mass is 35.5. The van der Waals surface area contributed by atoms with Crippen LogP contribution in [0.25, 0.3) is 0 Å². The van der Waals surface area contributed by atoms with Crippen molar-refractivity contribution in [1.82, 2.24) is 5.32 Å². The first-order valence-electron chi connectivity index (χ1n) is 5.55. The van der Waals surface area contributed by atoms with Crippen molar-refractivity contribution in [3.63, 3.8) is 0 Å². The number of halogens is 3. The summed E-state index contributed by atoms with van der Waals surface area (Å²) in [4.78, 5) is 0. The van der Waals surface area contributed by atoms with Crippen molar-refractivity contribution in [2.24, 2.45) is 0 Å². The summed E-state index contributed by atoms with van der Waals surface area (Å²) >= 11 is 17.9. The molecule has 0 heterocycles. The Bertz CT molecular complexity index is 540. The lowest BCUT2D eigenvalue weighted by molar-refractivity contribution is 0.693. The van der Waals surface area contributed by atoms with E-state index in [1.807, 2.05) is 36.4 Å². The molecule has 0 saturated heterocycles. The summed E-state index contributed by atoms with van der Waals surface area (Å²) in [6, 6.07) is 13.4.